The molecule has 0 N–H and O–H groups in total. The van der Waals surface area contributed by atoms with E-state index in [2.05, 4.69) is 25.7 Å². The zero-order valence-electron chi connectivity index (χ0n) is 20.2. The van der Waals surface area contributed by atoms with Crippen molar-refractivity contribution in [2.24, 2.45) is 5.92 Å². The third-order valence-corrected chi connectivity index (χ3v) is 8.52. The van der Waals surface area contributed by atoms with E-state index in [1.165, 1.54) is 27.8 Å². The number of aryl methyl sites for hydroxylation is 2. The van der Waals surface area contributed by atoms with Crippen LogP contribution in [-0.2, 0) is 12.8 Å². The zero-order valence-corrected chi connectivity index (χ0v) is 21.0. The molecule has 174 valence electrons. The Hall–Kier alpha value is -2.47. The number of carbonyl (C=O) groups excluding carboxylic acids is 1. The Morgan fingerprint density at radius 1 is 1.15 bits per heavy atom. The van der Waals surface area contributed by atoms with Gasteiger partial charge in [-0.2, -0.15) is 0 Å². The summed E-state index contributed by atoms with van der Waals surface area (Å²) in [5.74, 6) is 3.28. The number of anilines is 1. The number of thiophene rings is 1. The first-order chi connectivity index (χ1) is 15.9. The summed E-state index contributed by atoms with van der Waals surface area (Å²) in [7, 11) is 0. The molecule has 2 aromatic heterocycles. The highest BCUT2D eigenvalue weighted by Crippen LogP contribution is 2.42. The molecule has 1 amide bonds. The van der Waals surface area contributed by atoms with Crippen LogP contribution in [-0.4, -0.2) is 47.0 Å². The van der Waals surface area contributed by atoms with Crippen LogP contribution in [0.25, 0.3) is 10.2 Å². The Morgan fingerprint density at radius 3 is 2.58 bits per heavy atom. The molecule has 0 spiro atoms. The normalized spacial score (nSPS) is 19.6. The number of amides is 1. The van der Waals surface area contributed by atoms with Gasteiger partial charge in [-0.25, -0.2) is 9.97 Å². The first-order valence-electron chi connectivity index (χ1n) is 12.4. The van der Waals surface area contributed by atoms with E-state index in [4.69, 9.17) is 9.97 Å². The molecular formula is C27H34N4OS. The molecule has 5 rings (SSSR count). The molecule has 1 aliphatic carbocycles. The lowest BCUT2D eigenvalue weighted by atomic mass is 9.89. The summed E-state index contributed by atoms with van der Waals surface area (Å²) >= 11 is 1.89. The first-order valence-corrected chi connectivity index (χ1v) is 13.2. The predicted octanol–water partition coefficient (Wildman–Crippen LogP) is 5.60. The predicted molar refractivity (Wildman–Crippen MR) is 137 cm³/mol. The van der Waals surface area contributed by atoms with Gasteiger partial charge in [-0.05, 0) is 56.2 Å². The van der Waals surface area contributed by atoms with Gasteiger partial charge in [0.05, 0.1) is 5.39 Å². The van der Waals surface area contributed by atoms with E-state index in [0.717, 1.165) is 73.4 Å². The van der Waals surface area contributed by atoms with E-state index in [0.29, 0.717) is 5.92 Å². The van der Waals surface area contributed by atoms with Crippen molar-refractivity contribution in [3.8, 4) is 0 Å². The molecule has 0 saturated carbocycles. The first kappa shape index (κ1) is 22.3. The highest BCUT2D eigenvalue weighted by atomic mass is 32.1. The van der Waals surface area contributed by atoms with Gasteiger partial charge in [0.25, 0.3) is 5.91 Å². The molecule has 1 saturated heterocycles. The topological polar surface area (TPSA) is 49.3 Å². The third kappa shape index (κ3) is 4.25. The smallest absolute Gasteiger partial charge is 0.253 e. The second kappa shape index (κ2) is 9.05. The Balaban J connectivity index is 1.44. The van der Waals surface area contributed by atoms with Crippen molar-refractivity contribution in [1.29, 1.82) is 0 Å². The number of aromatic nitrogens is 2. The van der Waals surface area contributed by atoms with Gasteiger partial charge in [-0.15, -0.1) is 11.3 Å². The number of fused-ring (bicyclic) bond motifs is 3. The average molecular weight is 463 g/mol. The summed E-state index contributed by atoms with van der Waals surface area (Å²) in [6, 6.07) is 7.90. The van der Waals surface area contributed by atoms with Gasteiger partial charge >= 0.3 is 0 Å². The molecule has 0 unspecified atom stereocenters. The quantitative estimate of drug-likeness (QED) is 0.506. The van der Waals surface area contributed by atoms with Gasteiger partial charge in [0.1, 0.15) is 16.5 Å². The van der Waals surface area contributed by atoms with Crippen molar-refractivity contribution in [3.63, 3.8) is 0 Å². The molecule has 0 bridgehead atoms. The van der Waals surface area contributed by atoms with Crippen molar-refractivity contribution in [2.75, 3.05) is 31.1 Å². The number of benzene rings is 1. The molecule has 2 atom stereocenters. The summed E-state index contributed by atoms with van der Waals surface area (Å²) in [5, 5.41) is 1.28. The highest BCUT2D eigenvalue weighted by Gasteiger charge is 2.29. The molecule has 0 radical (unpaired) electrons. The molecule has 6 heteroatoms. The van der Waals surface area contributed by atoms with E-state index in [9.17, 15) is 4.79 Å². The number of rotatable bonds is 4. The number of nitrogens with zero attached hydrogens (tertiary/aromatic N) is 4. The SMILES string of the molecule is CC[C@@H](C)c1nc(N2CCN(C(=O)c3ccc(C)cc3)CC2)c2c3c(sc2n1)C[C@H](C)CC3. The van der Waals surface area contributed by atoms with Crippen LogP contribution in [0.3, 0.4) is 0 Å². The fourth-order valence-electron chi connectivity index (χ4n) is 4.97. The summed E-state index contributed by atoms with van der Waals surface area (Å²) in [6.45, 7) is 11.9. The number of carbonyl (C=O) groups is 1. The summed E-state index contributed by atoms with van der Waals surface area (Å²) in [4.78, 5) is 30.3. The summed E-state index contributed by atoms with van der Waals surface area (Å²) in [5.41, 5.74) is 3.44. The fourth-order valence-corrected chi connectivity index (χ4v) is 6.36. The minimum Gasteiger partial charge on any atom is -0.352 e. The minimum absolute atomic E-state index is 0.129. The van der Waals surface area contributed by atoms with Crippen molar-refractivity contribution in [1.82, 2.24) is 14.9 Å². The van der Waals surface area contributed by atoms with Crippen LogP contribution in [0.2, 0.25) is 0 Å². The van der Waals surface area contributed by atoms with Crippen LogP contribution in [0.5, 0.6) is 0 Å². The second-order valence-electron chi connectivity index (χ2n) is 9.89. The average Bonchev–Trinajstić information content (AvgIpc) is 3.20. The van der Waals surface area contributed by atoms with Crippen LogP contribution >= 0.6 is 11.3 Å². The second-order valence-corrected chi connectivity index (χ2v) is 11.0. The Morgan fingerprint density at radius 2 is 1.88 bits per heavy atom. The van der Waals surface area contributed by atoms with Crippen molar-refractivity contribution in [2.45, 2.75) is 59.3 Å². The van der Waals surface area contributed by atoms with Crippen LogP contribution in [0.15, 0.2) is 24.3 Å². The fraction of sp³-hybridized carbons (Fsp3) is 0.519. The molecule has 3 heterocycles. The number of hydrogen-bond acceptors (Lipinski definition) is 5. The van der Waals surface area contributed by atoms with Crippen molar-refractivity contribution in [3.05, 3.63) is 51.7 Å². The standard InChI is InChI=1S/C27H34N4OS/c1-5-19(4)24-28-25(23-21-11-8-18(3)16-22(21)33-26(23)29-24)30-12-14-31(15-13-30)27(32)20-9-6-17(2)7-10-20/h6-7,9-10,18-19H,5,8,11-16H2,1-4H3/t18-,19-/m1/s1. The highest BCUT2D eigenvalue weighted by molar-refractivity contribution is 7.19. The van der Waals surface area contributed by atoms with E-state index in [-0.39, 0.29) is 5.91 Å². The van der Waals surface area contributed by atoms with Crippen LogP contribution in [0, 0.1) is 12.8 Å². The third-order valence-electron chi connectivity index (χ3n) is 7.37. The van der Waals surface area contributed by atoms with Crippen LogP contribution in [0.4, 0.5) is 5.82 Å². The van der Waals surface area contributed by atoms with E-state index >= 15 is 0 Å². The molecule has 1 fully saturated rings. The molecule has 2 aliphatic rings. The van der Waals surface area contributed by atoms with Crippen molar-refractivity contribution < 1.29 is 4.79 Å². The lowest BCUT2D eigenvalue weighted by molar-refractivity contribution is 0.0746. The lowest BCUT2D eigenvalue weighted by Gasteiger charge is -2.36. The van der Waals surface area contributed by atoms with Gasteiger partial charge in [0.15, 0.2) is 0 Å². The molecule has 1 aliphatic heterocycles. The van der Waals surface area contributed by atoms with Gasteiger partial charge in [-0.1, -0.05) is 38.5 Å². The lowest BCUT2D eigenvalue weighted by Crippen LogP contribution is -2.49. The zero-order chi connectivity index (χ0) is 23.1. The maximum Gasteiger partial charge on any atom is 0.253 e. The molecule has 3 aromatic rings. The molecule has 33 heavy (non-hydrogen) atoms. The number of piperazine rings is 1. The maximum atomic E-state index is 13.0. The van der Waals surface area contributed by atoms with E-state index in [1.807, 2.05) is 47.4 Å². The summed E-state index contributed by atoms with van der Waals surface area (Å²) < 4.78 is 0. The van der Waals surface area contributed by atoms with Crippen LogP contribution < -0.4 is 4.90 Å². The molecule has 1 aromatic carbocycles. The Kier molecular flexibility index (Phi) is 6.12. The number of hydrogen-bond donors (Lipinski definition) is 0. The van der Waals surface area contributed by atoms with Crippen LogP contribution in [0.1, 0.15) is 71.7 Å². The Labute approximate surface area is 200 Å². The monoisotopic (exact) mass is 462 g/mol. The molecule has 5 nitrogen and oxygen atoms in total. The van der Waals surface area contributed by atoms with Gasteiger partial charge in [0, 0.05) is 42.5 Å². The van der Waals surface area contributed by atoms with Gasteiger partial charge in [0.2, 0.25) is 0 Å². The molecular weight excluding hydrogens is 428 g/mol. The summed E-state index contributed by atoms with van der Waals surface area (Å²) in [6.07, 6.45) is 4.56. The van der Waals surface area contributed by atoms with E-state index in [1.54, 1.807) is 0 Å². The Bertz CT molecular complexity index is 1160. The van der Waals surface area contributed by atoms with Gasteiger partial charge in [-0.3, -0.25) is 4.79 Å². The maximum absolute atomic E-state index is 13.0. The van der Waals surface area contributed by atoms with Crippen molar-refractivity contribution >= 4 is 33.3 Å². The largest absolute Gasteiger partial charge is 0.352 e. The van der Waals surface area contributed by atoms with Gasteiger partial charge < -0.3 is 9.80 Å². The minimum atomic E-state index is 0.129. The van der Waals surface area contributed by atoms with E-state index < -0.39 is 0 Å².